The van der Waals surface area contributed by atoms with Crippen molar-refractivity contribution < 1.29 is 33.4 Å². The van der Waals surface area contributed by atoms with Gasteiger partial charge in [-0.15, -0.1) is 0 Å². The van der Waals surface area contributed by atoms with Crippen LogP contribution in [0.4, 0.5) is 0 Å². The van der Waals surface area contributed by atoms with Crippen LogP contribution in [0.25, 0.3) is 6.08 Å². The summed E-state index contributed by atoms with van der Waals surface area (Å²) in [7, 11) is 0. The SMILES string of the molecule is CCCCCCCCCCCCCOC(=O)C(C=Cc1ccc(C(=O)Oc2ccc(C=O)cc2)cc1)C(=O)OCCCCCCCCCCCCC. The fraction of sp³-hybridized carbons (Fsp3) is 0.600. The molecule has 0 bridgehead atoms. The standard InChI is InChI=1S/C45H66O7/c1-3-5-7-9-11-13-15-17-19-21-23-35-50-44(48)42(45(49)51-36-24-22-20-18-16-14-12-10-8-6-4-2)34-29-38-25-30-40(31-26-38)43(47)52-41-32-27-39(37-46)28-33-41/h25-34,37,42H,3-24,35-36H2,1-2H3. The molecule has 2 aromatic rings. The average Bonchev–Trinajstić information content (AvgIpc) is 3.16. The fourth-order valence-corrected chi connectivity index (χ4v) is 6.03. The van der Waals surface area contributed by atoms with Gasteiger partial charge < -0.3 is 14.2 Å². The molecule has 0 aliphatic carbocycles. The zero-order chi connectivity index (χ0) is 37.5. The van der Waals surface area contributed by atoms with Gasteiger partial charge in [-0.3, -0.25) is 14.4 Å². The number of carbonyl (C=O) groups excluding carboxylic acids is 4. The van der Waals surface area contributed by atoms with Gasteiger partial charge in [-0.2, -0.15) is 0 Å². The van der Waals surface area contributed by atoms with Crippen LogP contribution in [0.2, 0.25) is 0 Å². The molecule has 0 aliphatic rings. The van der Waals surface area contributed by atoms with E-state index in [0.717, 1.165) is 44.8 Å². The number of rotatable bonds is 31. The molecule has 0 saturated carbocycles. The molecule has 7 nitrogen and oxygen atoms in total. The zero-order valence-corrected chi connectivity index (χ0v) is 32.3. The molecule has 0 aromatic heterocycles. The summed E-state index contributed by atoms with van der Waals surface area (Å²) < 4.78 is 16.5. The Labute approximate surface area is 314 Å². The van der Waals surface area contributed by atoms with Crippen LogP contribution in [-0.2, 0) is 19.1 Å². The molecule has 0 unspecified atom stereocenters. The molecular formula is C45H66O7. The number of benzene rings is 2. The molecule has 2 aromatic carbocycles. The summed E-state index contributed by atoms with van der Waals surface area (Å²) in [6, 6.07) is 12.9. The summed E-state index contributed by atoms with van der Waals surface area (Å²) in [4.78, 5) is 49.7. The van der Waals surface area contributed by atoms with Gasteiger partial charge in [0.05, 0.1) is 18.8 Å². The average molecular weight is 719 g/mol. The third-order valence-corrected chi connectivity index (χ3v) is 9.35. The number of carbonyl (C=O) groups is 4. The van der Waals surface area contributed by atoms with Gasteiger partial charge in [0.15, 0.2) is 5.92 Å². The van der Waals surface area contributed by atoms with Gasteiger partial charge in [-0.05, 0) is 54.8 Å². The van der Waals surface area contributed by atoms with Gasteiger partial charge >= 0.3 is 17.9 Å². The maximum absolute atomic E-state index is 13.1. The van der Waals surface area contributed by atoms with E-state index >= 15 is 0 Å². The molecule has 0 fully saturated rings. The molecule has 0 atom stereocenters. The van der Waals surface area contributed by atoms with Crippen molar-refractivity contribution in [2.24, 2.45) is 5.92 Å². The monoisotopic (exact) mass is 718 g/mol. The molecule has 0 heterocycles. The largest absolute Gasteiger partial charge is 0.465 e. The quantitative estimate of drug-likeness (QED) is 0.0252. The van der Waals surface area contributed by atoms with Gasteiger partial charge in [0.1, 0.15) is 12.0 Å². The first-order valence-electron chi connectivity index (χ1n) is 20.4. The zero-order valence-electron chi connectivity index (χ0n) is 32.3. The van der Waals surface area contributed by atoms with Crippen LogP contribution in [0.1, 0.15) is 181 Å². The first-order valence-corrected chi connectivity index (χ1v) is 20.4. The lowest BCUT2D eigenvalue weighted by molar-refractivity contribution is -0.159. The molecule has 52 heavy (non-hydrogen) atoms. The number of ether oxygens (including phenoxy) is 3. The van der Waals surface area contributed by atoms with E-state index in [0.29, 0.717) is 22.4 Å². The normalized spacial score (nSPS) is 11.2. The van der Waals surface area contributed by atoms with Crippen LogP contribution in [0.15, 0.2) is 54.6 Å². The van der Waals surface area contributed by atoms with Gasteiger partial charge in [0.2, 0.25) is 0 Å². The smallest absolute Gasteiger partial charge is 0.343 e. The van der Waals surface area contributed by atoms with E-state index in [9.17, 15) is 19.2 Å². The predicted octanol–water partition coefficient (Wildman–Crippen LogP) is 12.1. The Morgan fingerprint density at radius 3 is 1.31 bits per heavy atom. The second-order valence-corrected chi connectivity index (χ2v) is 13.9. The lowest BCUT2D eigenvalue weighted by Crippen LogP contribution is -2.27. The Kier molecular flexibility index (Phi) is 25.5. The molecule has 2 rings (SSSR count). The third-order valence-electron chi connectivity index (χ3n) is 9.35. The predicted molar refractivity (Wildman–Crippen MR) is 211 cm³/mol. The molecule has 0 amide bonds. The van der Waals surface area contributed by atoms with Gasteiger partial charge in [-0.1, -0.05) is 167 Å². The number of unbranched alkanes of at least 4 members (excludes halogenated alkanes) is 20. The van der Waals surface area contributed by atoms with Crippen molar-refractivity contribution in [3.63, 3.8) is 0 Å². The van der Waals surface area contributed by atoms with E-state index in [4.69, 9.17) is 14.2 Å². The van der Waals surface area contributed by atoms with Crippen molar-refractivity contribution in [3.05, 3.63) is 71.3 Å². The first kappa shape index (κ1) is 44.4. The Hall–Kier alpha value is -3.74. The highest BCUT2D eigenvalue weighted by molar-refractivity contribution is 5.98. The van der Waals surface area contributed by atoms with Crippen LogP contribution >= 0.6 is 0 Å². The molecule has 0 aliphatic heterocycles. The third kappa shape index (κ3) is 20.9. The number of hydrogen-bond acceptors (Lipinski definition) is 7. The first-order chi connectivity index (χ1) is 25.5. The van der Waals surface area contributed by atoms with E-state index in [2.05, 4.69) is 13.8 Å². The summed E-state index contributed by atoms with van der Waals surface area (Å²) in [6.45, 7) is 5.04. The summed E-state index contributed by atoms with van der Waals surface area (Å²) in [5.41, 5.74) is 1.53. The highest BCUT2D eigenvalue weighted by atomic mass is 16.6. The van der Waals surface area contributed by atoms with Gasteiger partial charge in [0, 0.05) is 5.56 Å². The van der Waals surface area contributed by atoms with Gasteiger partial charge in [-0.25, -0.2) is 4.79 Å². The van der Waals surface area contributed by atoms with Crippen molar-refractivity contribution in [1.82, 2.24) is 0 Å². The minimum Gasteiger partial charge on any atom is -0.465 e. The number of aldehydes is 1. The highest BCUT2D eigenvalue weighted by Crippen LogP contribution is 2.17. The van der Waals surface area contributed by atoms with E-state index < -0.39 is 23.8 Å². The maximum Gasteiger partial charge on any atom is 0.343 e. The number of esters is 3. The number of hydrogen-bond donors (Lipinski definition) is 0. The van der Waals surface area contributed by atoms with E-state index in [1.54, 1.807) is 54.6 Å². The maximum atomic E-state index is 13.1. The Morgan fingerprint density at radius 1 is 0.519 bits per heavy atom. The minimum absolute atomic E-state index is 0.279. The molecule has 0 radical (unpaired) electrons. The Balaban J connectivity index is 1.83. The van der Waals surface area contributed by atoms with Crippen molar-refractivity contribution in [2.45, 2.75) is 155 Å². The molecule has 288 valence electrons. The summed E-state index contributed by atoms with van der Waals surface area (Å²) in [5, 5.41) is 0. The topological polar surface area (TPSA) is 96.0 Å². The van der Waals surface area contributed by atoms with Crippen molar-refractivity contribution in [1.29, 1.82) is 0 Å². The van der Waals surface area contributed by atoms with E-state index in [-0.39, 0.29) is 13.2 Å². The molecule has 0 N–H and O–H groups in total. The fourth-order valence-electron chi connectivity index (χ4n) is 6.03. The van der Waals surface area contributed by atoms with Crippen LogP contribution in [0.5, 0.6) is 5.75 Å². The summed E-state index contributed by atoms with van der Waals surface area (Å²) >= 11 is 0. The van der Waals surface area contributed by atoms with Crippen molar-refractivity contribution >= 4 is 30.3 Å². The second kappa shape index (κ2) is 29.8. The molecule has 7 heteroatoms. The van der Waals surface area contributed by atoms with Crippen molar-refractivity contribution in [3.8, 4) is 5.75 Å². The van der Waals surface area contributed by atoms with E-state index in [1.165, 1.54) is 109 Å². The minimum atomic E-state index is -1.17. The van der Waals surface area contributed by atoms with Crippen LogP contribution in [0, 0.1) is 5.92 Å². The Morgan fingerprint density at radius 2 is 0.904 bits per heavy atom. The van der Waals surface area contributed by atoms with E-state index in [1.807, 2.05) is 0 Å². The van der Waals surface area contributed by atoms with Crippen LogP contribution in [0.3, 0.4) is 0 Å². The highest BCUT2D eigenvalue weighted by Gasteiger charge is 2.27. The summed E-state index contributed by atoms with van der Waals surface area (Å²) in [5.74, 6) is -2.58. The molecule has 0 saturated heterocycles. The molecular weight excluding hydrogens is 652 g/mol. The van der Waals surface area contributed by atoms with Gasteiger partial charge in [0.25, 0.3) is 0 Å². The molecule has 0 spiro atoms. The van der Waals surface area contributed by atoms with Crippen LogP contribution < -0.4 is 4.74 Å². The Bertz CT molecular complexity index is 1230. The van der Waals surface area contributed by atoms with Crippen molar-refractivity contribution in [2.75, 3.05) is 13.2 Å². The second-order valence-electron chi connectivity index (χ2n) is 13.9. The lowest BCUT2D eigenvalue weighted by Gasteiger charge is -2.13. The lowest BCUT2D eigenvalue weighted by atomic mass is 10.1. The van der Waals surface area contributed by atoms with Crippen LogP contribution in [-0.4, -0.2) is 37.4 Å². The summed E-state index contributed by atoms with van der Waals surface area (Å²) in [6.07, 6.45) is 30.4.